The number of nitro benzene ring substituents is 1. The molecular weight excluding hydrogens is 559 g/mol. The molecule has 0 saturated heterocycles. The molecule has 0 aliphatic carbocycles. The minimum absolute atomic E-state index is 0. The fraction of sp³-hybridized carbons (Fsp3) is 0.280. The molecule has 0 fully saturated rings. The Labute approximate surface area is 223 Å². The molecule has 0 amide bonds. The highest BCUT2D eigenvalue weighted by Gasteiger charge is 2.38. The number of alkyl halides is 9. The number of anilines is 2. The van der Waals surface area contributed by atoms with Crippen LogP contribution in [-0.4, -0.2) is 4.92 Å². The van der Waals surface area contributed by atoms with Crippen LogP contribution in [0.5, 0.6) is 0 Å². The number of nitro groups is 1. The van der Waals surface area contributed by atoms with Gasteiger partial charge in [0.1, 0.15) is 5.56 Å². The van der Waals surface area contributed by atoms with E-state index < -0.39 is 45.8 Å². The molecule has 3 rings (SSSR count). The number of nitrogens with one attached hydrogen (secondary N) is 1. The summed E-state index contributed by atoms with van der Waals surface area (Å²) in [5.74, 6) is 4.97. The quantitative estimate of drug-likeness (QED) is 0.0918. The summed E-state index contributed by atoms with van der Waals surface area (Å²) in [5, 5.41) is 10.3. The van der Waals surface area contributed by atoms with E-state index in [1.54, 1.807) is 13.8 Å². The van der Waals surface area contributed by atoms with Gasteiger partial charge in [0.2, 0.25) is 0 Å². The summed E-state index contributed by atoms with van der Waals surface area (Å²) >= 11 is 0. The monoisotopic (exact) mass is 586 g/mol. The summed E-state index contributed by atoms with van der Waals surface area (Å²) in [4.78, 5) is 9.29. The average molecular weight is 586 g/mol. The summed E-state index contributed by atoms with van der Waals surface area (Å²) in [6, 6.07) is 10.2. The van der Waals surface area contributed by atoms with Gasteiger partial charge < -0.3 is 11.2 Å². The van der Waals surface area contributed by atoms with E-state index in [2.05, 4.69) is 0 Å². The molecule has 0 aliphatic rings. The fourth-order valence-corrected chi connectivity index (χ4v) is 3.00. The largest absolute Gasteiger partial charge is 0.422 e. The molecule has 0 unspecified atom stereocenters. The standard InChI is InChI=1S/C8H9F3N2.C8H6F3NO2.C8H8F3N.CH4/c1-5-2-3-6(8(9,10)11)7(4-5)13-12;1-5-2-3-6(8(9,10)11)7(4-5)12(13)14;1-5-2-3-6(7(12)4-5)8(9,10)11;/h2-4,13H,12H2,1H3;2-4H,1H3;2-4H,12H2,1H3;1H4. The third kappa shape index (κ3) is 10.6. The number of nitrogens with two attached hydrogens (primary N) is 2. The topological polar surface area (TPSA) is 107 Å². The van der Waals surface area contributed by atoms with Crippen molar-refractivity contribution in [3.05, 3.63) is 98.1 Å². The highest BCUT2D eigenvalue weighted by molar-refractivity contribution is 5.53. The minimum Gasteiger partial charge on any atom is -0.398 e. The van der Waals surface area contributed by atoms with E-state index in [1.165, 1.54) is 37.3 Å². The van der Waals surface area contributed by atoms with Crippen LogP contribution in [0.2, 0.25) is 0 Å². The molecule has 6 nitrogen and oxygen atoms in total. The predicted molar refractivity (Wildman–Crippen MR) is 134 cm³/mol. The molecule has 0 aliphatic heterocycles. The Morgan fingerprint density at radius 1 is 0.675 bits per heavy atom. The molecule has 0 bridgehead atoms. The van der Waals surface area contributed by atoms with Crippen LogP contribution in [-0.2, 0) is 18.5 Å². The van der Waals surface area contributed by atoms with Gasteiger partial charge in [-0.15, -0.1) is 0 Å². The zero-order valence-corrected chi connectivity index (χ0v) is 20.5. The van der Waals surface area contributed by atoms with Gasteiger partial charge in [-0.2, -0.15) is 39.5 Å². The number of rotatable bonds is 2. The van der Waals surface area contributed by atoms with Crippen LogP contribution in [0.25, 0.3) is 0 Å². The van der Waals surface area contributed by atoms with Crippen LogP contribution in [0.15, 0.2) is 54.6 Å². The van der Waals surface area contributed by atoms with Gasteiger partial charge >= 0.3 is 18.5 Å². The number of hydrazine groups is 1. The van der Waals surface area contributed by atoms with Crippen LogP contribution in [0.4, 0.5) is 56.6 Å². The van der Waals surface area contributed by atoms with E-state index >= 15 is 0 Å². The molecule has 40 heavy (non-hydrogen) atoms. The first-order valence-electron chi connectivity index (χ1n) is 10.6. The maximum absolute atomic E-state index is 12.3. The molecule has 0 atom stereocenters. The highest BCUT2D eigenvalue weighted by atomic mass is 19.4. The third-order valence-corrected chi connectivity index (χ3v) is 4.80. The molecule has 0 radical (unpaired) electrons. The van der Waals surface area contributed by atoms with Crippen LogP contribution >= 0.6 is 0 Å². The lowest BCUT2D eigenvalue weighted by molar-refractivity contribution is -0.388. The Morgan fingerprint density at radius 2 is 1.05 bits per heavy atom. The van der Waals surface area contributed by atoms with Crippen LogP contribution < -0.4 is 17.0 Å². The zero-order chi connectivity index (χ0) is 30.3. The summed E-state index contributed by atoms with van der Waals surface area (Å²) in [5.41, 5.74) is 5.11. The molecule has 5 N–H and O–H groups in total. The molecule has 222 valence electrons. The molecule has 0 aromatic heterocycles. The zero-order valence-electron chi connectivity index (χ0n) is 20.5. The van der Waals surface area contributed by atoms with E-state index in [1.807, 2.05) is 5.43 Å². The number of nitrogen functional groups attached to an aromatic ring is 2. The third-order valence-electron chi connectivity index (χ3n) is 4.80. The predicted octanol–water partition coefficient (Wildman–Crippen LogP) is 8.45. The van der Waals surface area contributed by atoms with Gasteiger partial charge in [0, 0.05) is 11.8 Å². The lowest BCUT2D eigenvalue weighted by Gasteiger charge is -2.12. The van der Waals surface area contributed by atoms with Gasteiger partial charge in [0.05, 0.1) is 21.7 Å². The van der Waals surface area contributed by atoms with Crippen LogP contribution in [0.1, 0.15) is 40.8 Å². The summed E-state index contributed by atoms with van der Waals surface area (Å²) in [6.07, 6.45) is -13.4. The van der Waals surface area contributed by atoms with Gasteiger partial charge in [0.15, 0.2) is 0 Å². The van der Waals surface area contributed by atoms with Gasteiger partial charge in [0.25, 0.3) is 5.69 Å². The van der Waals surface area contributed by atoms with E-state index in [4.69, 9.17) is 11.6 Å². The molecule has 0 saturated carbocycles. The van der Waals surface area contributed by atoms with E-state index in [-0.39, 0.29) is 18.8 Å². The van der Waals surface area contributed by atoms with E-state index in [9.17, 15) is 49.6 Å². The Hall–Kier alpha value is -4.01. The minimum atomic E-state index is -4.68. The van der Waals surface area contributed by atoms with Crippen LogP contribution in [0.3, 0.4) is 0 Å². The van der Waals surface area contributed by atoms with Crippen molar-refractivity contribution in [1.29, 1.82) is 0 Å². The summed E-state index contributed by atoms with van der Waals surface area (Å²) < 4.78 is 110. The molecule has 15 heteroatoms. The number of aryl methyl sites for hydroxylation is 3. The van der Waals surface area contributed by atoms with Gasteiger partial charge in [-0.25, -0.2) is 0 Å². The van der Waals surface area contributed by atoms with Crippen molar-refractivity contribution in [3.8, 4) is 0 Å². The van der Waals surface area contributed by atoms with Gasteiger partial charge in [-0.3, -0.25) is 16.0 Å². The Kier molecular flexibility index (Phi) is 12.5. The lowest BCUT2D eigenvalue weighted by Crippen LogP contribution is -2.14. The second-order valence-corrected chi connectivity index (χ2v) is 8.06. The second kappa shape index (κ2) is 13.9. The molecule has 3 aromatic rings. The second-order valence-electron chi connectivity index (χ2n) is 8.06. The van der Waals surface area contributed by atoms with Crippen molar-refractivity contribution in [1.82, 2.24) is 0 Å². The first-order valence-corrected chi connectivity index (χ1v) is 10.6. The molecule has 0 heterocycles. The lowest BCUT2D eigenvalue weighted by atomic mass is 10.1. The van der Waals surface area contributed by atoms with E-state index in [0.29, 0.717) is 11.6 Å². The maximum atomic E-state index is 12.3. The molecular formula is C25H27F9N4O2. The van der Waals surface area contributed by atoms with Crippen molar-refractivity contribution in [2.75, 3.05) is 11.2 Å². The number of hydrogen-bond donors (Lipinski definition) is 3. The first kappa shape index (κ1) is 36.0. The van der Waals surface area contributed by atoms with Crippen molar-refractivity contribution >= 4 is 17.1 Å². The van der Waals surface area contributed by atoms with Crippen molar-refractivity contribution in [3.63, 3.8) is 0 Å². The first-order chi connectivity index (χ1) is 17.7. The summed E-state index contributed by atoms with van der Waals surface area (Å²) in [6.45, 7) is 4.88. The number of halogens is 9. The molecule has 3 aromatic carbocycles. The van der Waals surface area contributed by atoms with Gasteiger partial charge in [-0.1, -0.05) is 25.6 Å². The number of hydrogen-bond acceptors (Lipinski definition) is 5. The Morgan fingerprint density at radius 3 is 1.43 bits per heavy atom. The highest BCUT2D eigenvalue weighted by Crippen LogP contribution is 2.37. The average Bonchev–Trinajstić information content (AvgIpc) is 2.77. The number of benzene rings is 3. The Bertz CT molecular complexity index is 1290. The smallest absolute Gasteiger partial charge is 0.398 e. The molecule has 0 spiro atoms. The SMILES string of the molecule is C.Cc1ccc(C(F)(F)F)c(N)c1.Cc1ccc(C(F)(F)F)c(NN)c1.Cc1ccc(C(F)(F)F)c([N+](=O)[O-])c1. The van der Waals surface area contributed by atoms with Crippen LogP contribution in [0, 0.1) is 30.9 Å². The van der Waals surface area contributed by atoms with Crippen molar-refractivity contribution in [2.24, 2.45) is 5.84 Å². The van der Waals surface area contributed by atoms with E-state index in [0.717, 1.165) is 29.3 Å². The van der Waals surface area contributed by atoms with Crippen molar-refractivity contribution < 1.29 is 44.4 Å². The van der Waals surface area contributed by atoms with Gasteiger partial charge in [-0.05, 0) is 67.8 Å². The maximum Gasteiger partial charge on any atom is 0.422 e. The summed E-state index contributed by atoms with van der Waals surface area (Å²) in [7, 11) is 0. The van der Waals surface area contributed by atoms with Crippen molar-refractivity contribution in [2.45, 2.75) is 46.7 Å². The fourth-order valence-electron chi connectivity index (χ4n) is 3.00. The Balaban J connectivity index is 0.000000565. The normalized spacial score (nSPS) is 11.2. The number of nitrogens with zero attached hydrogens (tertiary/aromatic N) is 1.